The van der Waals surface area contributed by atoms with Gasteiger partial charge < -0.3 is 4.57 Å². The Morgan fingerprint density at radius 1 is 1.44 bits per heavy atom. The molecule has 0 aliphatic carbocycles. The maximum Gasteiger partial charge on any atom is 0.0974 e. The first kappa shape index (κ1) is 11.1. The highest BCUT2D eigenvalue weighted by Crippen LogP contribution is 2.10. The van der Waals surface area contributed by atoms with E-state index in [2.05, 4.69) is 33.7 Å². The molecule has 16 heavy (non-hydrogen) atoms. The first-order valence-corrected chi connectivity index (χ1v) is 5.70. The Kier molecular flexibility index (Phi) is 3.24. The van der Waals surface area contributed by atoms with Crippen LogP contribution in [0.3, 0.4) is 0 Å². The van der Waals surface area contributed by atoms with E-state index in [4.69, 9.17) is 11.6 Å². The van der Waals surface area contributed by atoms with Gasteiger partial charge in [-0.1, -0.05) is 5.21 Å². The standard InChI is InChI=1S/C10H14ClN5/c1-8(2)16-7-12-4-10(16)6-15-5-9(3-11)13-14-15/h4-5,7-8H,3,6H2,1-2H3. The number of imidazole rings is 1. The van der Waals surface area contributed by atoms with Crippen molar-refractivity contribution in [2.45, 2.75) is 32.3 Å². The Hall–Kier alpha value is -1.36. The number of rotatable bonds is 4. The fourth-order valence-electron chi connectivity index (χ4n) is 1.56. The molecule has 0 spiro atoms. The lowest BCUT2D eigenvalue weighted by Gasteiger charge is -2.10. The van der Waals surface area contributed by atoms with Crippen molar-refractivity contribution in [1.29, 1.82) is 0 Å². The Morgan fingerprint density at radius 3 is 2.88 bits per heavy atom. The van der Waals surface area contributed by atoms with Crippen LogP contribution >= 0.6 is 11.6 Å². The number of alkyl halides is 1. The van der Waals surface area contributed by atoms with Gasteiger partial charge in [0.15, 0.2) is 0 Å². The molecule has 6 heteroatoms. The summed E-state index contributed by atoms with van der Waals surface area (Å²) in [6.07, 6.45) is 5.53. The van der Waals surface area contributed by atoms with Crippen LogP contribution in [-0.4, -0.2) is 24.5 Å². The normalized spacial score (nSPS) is 11.2. The zero-order valence-corrected chi connectivity index (χ0v) is 10.1. The fraction of sp³-hybridized carbons (Fsp3) is 0.500. The van der Waals surface area contributed by atoms with Crippen molar-refractivity contribution in [1.82, 2.24) is 24.5 Å². The summed E-state index contributed by atoms with van der Waals surface area (Å²) < 4.78 is 3.88. The highest BCUT2D eigenvalue weighted by atomic mass is 35.5. The average molecular weight is 240 g/mol. The third-order valence-electron chi connectivity index (χ3n) is 2.35. The van der Waals surface area contributed by atoms with Gasteiger partial charge in [-0.05, 0) is 13.8 Å². The molecule has 0 amide bonds. The molecule has 0 N–H and O–H groups in total. The maximum atomic E-state index is 5.67. The van der Waals surface area contributed by atoms with E-state index in [1.54, 1.807) is 4.68 Å². The summed E-state index contributed by atoms with van der Waals surface area (Å²) in [6.45, 7) is 4.91. The van der Waals surface area contributed by atoms with Crippen molar-refractivity contribution in [3.8, 4) is 0 Å². The predicted molar refractivity (Wildman–Crippen MR) is 61.3 cm³/mol. The number of nitrogens with zero attached hydrogens (tertiary/aromatic N) is 5. The van der Waals surface area contributed by atoms with E-state index in [9.17, 15) is 0 Å². The van der Waals surface area contributed by atoms with Crippen molar-refractivity contribution in [3.05, 3.63) is 30.1 Å². The van der Waals surface area contributed by atoms with Crippen molar-refractivity contribution in [2.24, 2.45) is 0 Å². The smallest absolute Gasteiger partial charge is 0.0974 e. The largest absolute Gasteiger partial charge is 0.330 e. The van der Waals surface area contributed by atoms with E-state index in [0.717, 1.165) is 11.4 Å². The molecule has 5 nitrogen and oxygen atoms in total. The Balaban J connectivity index is 2.17. The van der Waals surface area contributed by atoms with Crippen LogP contribution < -0.4 is 0 Å². The second-order valence-electron chi connectivity index (χ2n) is 3.93. The number of hydrogen-bond acceptors (Lipinski definition) is 3. The van der Waals surface area contributed by atoms with Crippen LogP contribution in [0.5, 0.6) is 0 Å². The second-order valence-corrected chi connectivity index (χ2v) is 4.19. The van der Waals surface area contributed by atoms with Gasteiger partial charge in [-0.3, -0.25) is 0 Å². The first-order valence-electron chi connectivity index (χ1n) is 5.16. The average Bonchev–Trinajstić information content (AvgIpc) is 2.87. The lowest BCUT2D eigenvalue weighted by atomic mass is 10.3. The van der Waals surface area contributed by atoms with Crippen molar-refractivity contribution >= 4 is 11.6 Å². The summed E-state index contributed by atoms with van der Waals surface area (Å²) in [7, 11) is 0. The van der Waals surface area contributed by atoms with Crippen molar-refractivity contribution in [3.63, 3.8) is 0 Å². The van der Waals surface area contributed by atoms with Gasteiger partial charge in [-0.15, -0.1) is 16.7 Å². The maximum absolute atomic E-state index is 5.67. The van der Waals surface area contributed by atoms with Crippen LogP contribution in [0.25, 0.3) is 0 Å². The van der Waals surface area contributed by atoms with Crippen LogP contribution in [0.2, 0.25) is 0 Å². The van der Waals surface area contributed by atoms with E-state index >= 15 is 0 Å². The molecule has 2 heterocycles. The third kappa shape index (κ3) is 2.24. The van der Waals surface area contributed by atoms with Gasteiger partial charge in [0.2, 0.25) is 0 Å². The highest BCUT2D eigenvalue weighted by molar-refractivity contribution is 6.16. The molecule has 0 aliphatic rings. The summed E-state index contributed by atoms with van der Waals surface area (Å²) in [5.74, 6) is 0.392. The molecule has 2 aromatic rings. The fourth-order valence-corrected chi connectivity index (χ4v) is 1.68. The Morgan fingerprint density at radius 2 is 2.25 bits per heavy atom. The summed E-state index contributed by atoms with van der Waals surface area (Å²) in [5, 5.41) is 7.94. The molecule has 0 aromatic carbocycles. The summed E-state index contributed by atoms with van der Waals surface area (Å²) in [5.41, 5.74) is 1.90. The third-order valence-corrected chi connectivity index (χ3v) is 2.62. The lowest BCUT2D eigenvalue weighted by molar-refractivity contribution is 0.541. The van der Waals surface area contributed by atoms with E-state index in [1.165, 1.54) is 0 Å². The molecule has 0 radical (unpaired) electrons. The molecule has 86 valence electrons. The van der Waals surface area contributed by atoms with Gasteiger partial charge in [0.1, 0.15) is 0 Å². The van der Waals surface area contributed by atoms with Gasteiger partial charge in [0.05, 0.1) is 42.5 Å². The lowest BCUT2D eigenvalue weighted by Crippen LogP contribution is -2.09. The molecular weight excluding hydrogens is 226 g/mol. The van der Waals surface area contributed by atoms with E-state index in [0.29, 0.717) is 18.5 Å². The van der Waals surface area contributed by atoms with Crippen molar-refractivity contribution in [2.75, 3.05) is 0 Å². The minimum Gasteiger partial charge on any atom is -0.330 e. The van der Waals surface area contributed by atoms with E-state index in [1.807, 2.05) is 18.7 Å². The molecule has 0 saturated carbocycles. The molecule has 0 bridgehead atoms. The summed E-state index contributed by atoms with van der Waals surface area (Å²) in [6, 6.07) is 0.397. The number of hydrogen-bond donors (Lipinski definition) is 0. The molecule has 0 unspecified atom stereocenters. The second kappa shape index (κ2) is 4.65. The monoisotopic (exact) mass is 239 g/mol. The van der Waals surface area contributed by atoms with Crippen LogP contribution in [-0.2, 0) is 12.4 Å². The Bertz CT molecular complexity index is 459. The van der Waals surface area contributed by atoms with E-state index in [-0.39, 0.29) is 0 Å². The molecule has 0 saturated heterocycles. The van der Waals surface area contributed by atoms with Gasteiger partial charge in [-0.25, -0.2) is 9.67 Å². The van der Waals surface area contributed by atoms with Gasteiger partial charge in [0, 0.05) is 6.04 Å². The zero-order valence-electron chi connectivity index (χ0n) is 9.34. The minimum absolute atomic E-state index is 0.392. The van der Waals surface area contributed by atoms with Crippen LogP contribution in [0.15, 0.2) is 18.7 Å². The van der Waals surface area contributed by atoms with Gasteiger partial charge in [0.25, 0.3) is 0 Å². The quantitative estimate of drug-likeness (QED) is 0.765. The summed E-state index contributed by atoms with van der Waals surface area (Å²) in [4.78, 5) is 4.14. The molecule has 2 rings (SSSR count). The number of halogens is 1. The molecule has 2 aromatic heterocycles. The number of aromatic nitrogens is 5. The Labute approximate surface area is 99.1 Å². The van der Waals surface area contributed by atoms with Gasteiger partial charge in [-0.2, -0.15) is 0 Å². The molecule has 0 atom stereocenters. The SMILES string of the molecule is CC(C)n1cncc1Cn1cc(CCl)nn1. The summed E-state index contributed by atoms with van der Waals surface area (Å²) >= 11 is 5.67. The van der Waals surface area contributed by atoms with E-state index < -0.39 is 0 Å². The van der Waals surface area contributed by atoms with Crippen molar-refractivity contribution < 1.29 is 0 Å². The highest BCUT2D eigenvalue weighted by Gasteiger charge is 2.07. The minimum atomic E-state index is 0.392. The zero-order chi connectivity index (χ0) is 11.5. The van der Waals surface area contributed by atoms with Gasteiger partial charge >= 0.3 is 0 Å². The molecule has 0 fully saturated rings. The first-order chi connectivity index (χ1) is 7.70. The predicted octanol–water partition coefficient (Wildman–Crippen LogP) is 1.84. The van der Waals surface area contributed by atoms with Crippen LogP contribution in [0.4, 0.5) is 0 Å². The van der Waals surface area contributed by atoms with Crippen LogP contribution in [0.1, 0.15) is 31.3 Å². The molecule has 0 aliphatic heterocycles. The molecular formula is C10H14ClN5. The topological polar surface area (TPSA) is 48.5 Å². The van der Waals surface area contributed by atoms with Crippen LogP contribution in [0, 0.1) is 0 Å².